The van der Waals surface area contributed by atoms with Crippen molar-refractivity contribution in [3.8, 4) is 11.5 Å². The summed E-state index contributed by atoms with van der Waals surface area (Å²) in [5.41, 5.74) is 1.36. The van der Waals surface area contributed by atoms with Crippen LogP contribution in [-0.2, 0) is 14.8 Å². The Balaban J connectivity index is 2.09. The molecular formula is C19H24N2O5S. The molecule has 0 aliphatic rings. The summed E-state index contributed by atoms with van der Waals surface area (Å²) in [5.74, 6) is 1.05. The van der Waals surface area contributed by atoms with E-state index in [-0.39, 0.29) is 23.9 Å². The first-order chi connectivity index (χ1) is 12.8. The zero-order valence-electron chi connectivity index (χ0n) is 15.9. The standard InChI is InChI=1S/C19H24N2O5S/c1-14-12-18(8-9-19(14)26-4)27(23,24)20-10-11-21(15(2)22)16-6-5-7-17(13-16)25-3/h5-9,12-13,20H,10-11H2,1-4H3. The van der Waals surface area contributed by atoms with Gasteiger partial charge in [-0.1, -0.05) is 6.07 Å². The number of rotatable bonds is 8. The zero-order chi connectivity index (χ0) is 20.0. The van der Waals surface area contributed by atoms with Crippen molar-refractivity contribution in [2.45, 2.75) is 18.7 Å². The summed E-state index contributed by atoms with van der Waals surface area (Å²) in [5, 5.41) is 0. The van der Waals surface area contributed by atoms with Crippen LogP contribution in [0, 0.1) is 6.92 Å². The Morgan fingerprint density at radius 2 is 1.85 bits per heavy atom. The molecule has 146 valence electrons. The van der Waals surface area contributed by atoms with Gasteiger partial charge in [-0.15, -0.1) is 0 Å². The van der Waals surface area contributed by atoms with E-state index >= 15 is 0 Å². The molecule has 27 heavy (non-hydrogen) atoms. The lowest BCUT2D eigenvalue weighted by molar-refractivity contribution is -0.116. The summed E-state index contributed by atoms with van der Waals surface area (Å²) in [6, 6.07) is 11.7. The van der Waals surface area contributed by atoms with E-state index in [0.29, 0.717) is 17.2 Å². The number of hydrogen-bond acceptors (Lipinski definition) is 5. The van der Waals surface area contributed by atoms with Crippen LogP contribution in [0.3, 0.4) is 0 Å². The van der Waals surface area contributed by atoms with Crippen molar-refractivity contribution in [1.82, 2.24) is 4.72 Å². The van der Waals surface area contributed by atoms with Gasteiger partial charge in [-0.25, -0.2) is 13.1 Å². The Hall–Kier alpha value is -2.58. The molecule has 0 aromatic heterocycles. The predicted molar refractivity (Wildman–Crippen MR) is 104 cm³/mol. The van der Waals surface area contributed by atoms with Crippen LogP contribution in [-0.4, -0.2) is 41.6 Å². The van der Waals surface area contributed by atoms with Crippen molar-refractivity contribution in [1.29, 1.82) is 0 Å². The number of carbonyl (C=O) groups is 1. The minimum Gasteiger partial charge on any atom is -0.497 e. The second-order valence-corrected chi connectivity index (χ2v) is 7.67. The molecule has 1 amide bonds. The topological polar surface area (TPSA) is 84.9 Å². The van der Waals surface area contributed by atoms with Crippen LogP contribution in [0.1, 0.15) is 12.5 Å². The third kappa shape index (κ3) is 5.21. The number of hydrogen-bond donors (Lipinski definition) is 1. The number of carbonyl (C=O) groups excluding carboxylic acids is 1. The molecule has 0 fully saturated rings. The number of nitrogens with one attached hydrogen (secondary N) is 1. The van der Waals surface area contributed by atoms with E-state index in [1.54, 1.807) is 50.4 Å². The van der Waals surface area contributed by atoms with Crippen LogP contribution < -0.4 is 19.1 Å². The van der Waals surface area contributed by atoms with Gasteiger partial charge in [0.15, 0.2) is 0 Å². The number of aryl methyl sites for hydroxylation is 1. The smallest absolute Gasteiger partial charge is 0.240 e. The molecule has 2 rings (SSSR count). The molecule has 0 saturated carbocycles. The van der Waals surface area contributed by atoms with E-state index in [9.17, 15) is 13.2 Å². The van der Waals surface area contributed by atoms with Gasteiger partial charge in [0.05, 0.1) is 19.1 Å². The van der Waals surface area contributed by atoms with Gasteiger partial charge < -0.3 is 14.4 Å². The van der Waals surface area contributed by atoms with Crippen LogP contribution >= 0.6 is 0 Å². The Morgan fingerprint density at radius 3 is 2.44 bits per heavy atom. The molecule has 8 heteroatoms. The van der Waals surface area contributed by atoms with Crippen molar-refractivity contribution in [3.05, 3.63) is 48.0 Å². The molecule has 7 nitrogen and oxygen atoms in total. The highest BCUT2D eigenvalue weighted by Gasteiger charge is 2.17. The van der Waals surface area contributed by atoms with Crippen LogP contribution in [0.25, 0.3) is 0 Å². The van der Waals surface area contributed by atoms with Gasteiger partial charge in [0.2, 0.25) is 15.9 Å². The summed E-state index contributed by atoms with van der Waals surface area (Å²) >= 11 is 0. The first kappa shape index (κ1) is 20.7. The fraction of sp³-hybridized carbons (Fsp3) is 0.316. The Kier molecular flexibility index (Phi) is 6.81. The molecule has 0 radical (unpaired) electrons. The van der Waals surface area contributed by atoms with E-state index in [0.717, 1.165) is 5.56 Å². The number of amides is 1. The quantitative estimate of drug-likeness (QED) is 0.745. The van der Waals surface area contributed by atoms with Crippen LogP contribution in [0.2, 0.25) is 0 Å². The number of ether oxygens (including phenoxy) is 2. The lowest BCUT2D eigenvalue weighted by Gasteiger charge is -2.22. The fourth-order valence-corrected chi connectivity index (χ4v) is 3.75. The third-order valence-electron chi connectivity index (χ3n) is 4.05. The highest BCUT2D eigenvalue weighted by atomic mass is 32.2. The fourth-order valence-electron chi connectivity index (χ4n) is 2.64. The average molecular weight is 392 g/mol. The molecule has 0 spiro atoms. The first-order valence-electron chi connectivity index (χ1n) is 8.35. The molecule has 0 heterocycles. The van der Waals surface area contributed by atoms with E-state index < -0.39 is 10.0 Å². The van der Waals surface area contributed by atoms with E-state index in [1.165, 1.54) is 25.0 Å². The molecule has 2 aromatic rings. The van der Waals surface area contributed by atoms with Gasteiger partial charge in [-0.05, 0) is 42.8 Å². The Morgan fingerprint density at radius 1 is 1.11 bits per heavy atom. The second-order valence-electron chi connectivity index (χ2n) is 5.90. The van der Waals surface area contributed by atoms with Gasteiger partial charge in [0.25, 0.3) is 0 Å². The normalized spacial score (nSPS) is 11.1. The molecule has 0 aliphatic heterocycles. The molecule has 0 atom stereocenters. The second kappa shape index (κ2) is 8.88. The summed E-state index contributed by atoms with van der Waals surface area (Å²) < 4.78 is 37.8. The summed E-state index contributed by atoms with van der Waals surface area (Å²) in [7, 11) is -0.617. The van der Waals surface area contributed by atoms with Gasteiger partial charge in [-0.2, -0.15) is 0 Å². The molecule has 0 aliphatic carbocycles. The zero-order valence-corrected chi connectivity index (χ0v) is 16.7. The van der Waals surface area contributed by atoms with Crippen molar-refractivity contribution in [2.75, 3.05) is 32.2 Å². The maximum absolute atomic E-state index is 12.5. The Bertz CT molecular complexity index is 912. The molecule has 0 saturated heterocycles. The lowest BCUT2D eigenvalue weighted by atomic mass is 10.2. The number of sulfonamides is 1. The average Bonchev–Trinajstić information content (AvgIpc) is 2.64. The number of anilines is 1. The van der Waals surface area contributed by atoms with Crippen molar-refractivity contribution in [2.24, 2.45) is 0 Å². The van der Waals surface area contributed by atoms with E-state index in [1.807, 2.05) is 0 Å². The monoisotopic (exact) mass is 392 g/mol. The Labute approximate surface area is 160 Å². The van der Waals surface area contributed by atoms with E-state index in [2.05, 4.69) is 4.72 Å². The predicted octanol–water partition coefficient (Wildman–Crippen LogP) is 2.34. The van der Waals surface area contributed by atoms with Gasteiger partial charge in [0, 0.05) is 31.8 Å². The van der Waals surface area contributed by atoms with E-state index in [4.69, 9.17) is 9.47 Å². The molecule has 0 bridgehead atoms. The van der Waals surface area contributed by atoms with Gasteiger partial charge in [0.1, 0.15) is 11.5 Å². The number of methoxy groups -OCH3 is 2. The van der Waals surface area contributed by atoms with Crippen molar-refractivity contribution in [3.63, 3.8) is 0 Å². The maximum Gasteiger partial charge on any atom is 0.240 e. The maximum atomic E-state index is 12.5. The molecule has 0 unspecified atom stereocenters. The molecule has 1 N–H and O–H groups in total. The summed E-state index contributed by atoms with van der Waals surface area (Å²) in [6.07, 6.45) is 0. The van der Waals surface area contributed by atoms with Crippen LogP contribution in [0.5, 0.6) is 11.5 Å². The largest absolute Gasteiger partial charge is 0.497 e. The minimum atomic E-state index is -3.69. The minimum absolute atomic E-state index is 0.0736. The summed E-state index contributed by atoms with van der Waals surface area (Å²) in [4.78, 5) is 13.6. The number of nitrogens with zero attached hydrogens (tertiary/aromatic N) is 1. The molecule has 2 aromatic carbocycles. The SMILES string of the molecule is COc1cccc(N(CCNS(=O)(=O)c2ccc(OC)c(C)c2)C(C)=O)c1. The highest BCUT2D eigenvalue weighted by molar-refractivity contribution is 7.89. The molecular weight excluding hydrogens is 368 g/mol. The first-order valence-corrected chi connectivity index (χ1v) is 9.83. The summed E-state index contributed by atoms with van der Waals surface area (Å²) in [6.45, 7) is 3.47. The highest BCUT2D eigenvalue weighted by Crippen LogP contribution is 2.22. The third-order valence-corrected chi connectivity index (χ3v) is 5.51. The van der Waals surface area contributed by atoms with Gasteiger partial charge >= 0.3 is 0 Å². The van der Waals surface area contributed by atoms with Crippen LogP contribution in [0.15, 0.2) is 47.4 Å². The van der Waals surface area contributed by atoms with Gasteiger partial charge in [-0.3, -0.25) is 4.79 Å². The van der Waals surface area contributed by atoms with Crippen molar-refractivity contribution >= 4 is 21.6 Å². The van der Waals surface area contributed by atoms with Crippen molar-refractivity contribution < 1.29 is 22.7 Å². The van der Waals surface area contributed by atoms with Crippen LogP contribution in [0.4, 0.5) is 5.69 Å². The number of benzene rings is 2. The lowest BCUT2D eigenvalue weighted by Crippen LogP contribution is -2.37.